The van der Waals surface area contributed by atoms with Crippen molar-refractivity contribution in [2.45, 2.75) is 23.4 Å². The van der Waals surface area contributed by atoms with Crippen LogP contribution in [-0.2, 0) is 10.0 Å². The minimum Gasteiger partial charge on any atom is -0.497 e. The highest BCUT2D eigenvalue weighted by Crippen LogP contribution is 2.35. The van der Waals surface area contributed by atoms with E-state index in [4.69, 9.17) is 4.74 Å². The van der Waals surface area contributed by atoms with Crippen LogP contribution in [0.2, 0.25) is 0 Å². The van der Waals surface area contributed by atoms with Gasteiger partial charge >= 0.3 is 0 Å². The average molecular weight is 320 g/mol. The zero-order valence-electron chi connectivity index (χ0n) is 11.1. The Morgan fingerprint density at radius 3 is 2.60 bits per heavy atom. The first-order valence-electron chi connectivity index (χ1n) is 6.26. The SMILES string of the molecule is COc1ccc2c(c1)NC1(CCNCC1)NS2(=O)=O.Cl. The molecule has 112 valence electrons. The monoisotopic (exact) mass is 319 g/mol. The lowest BCUT2D eigenvalue weighted by Crippen LogP contribution is -2.61. The maximum atomic E-state index is 12.3. The highest BCUT2D eigenvalue weighted by atomic mass is 35.5. The largest absolute Gasteiger partial charge is 0.497 e. The van der Waals surface area contributed by atoms with E-state index in [-0.39, 0.29) is 17.3 Å². The summed E-state index contributed by atoms with van der Waals surface area (Å²) in [6, 6.07) is 4.95. The molecule has 0 saturated carbocycles. The van der Waals surface area contributed by atoms with Gasteiger partial charge in [0.1, 0.15) is 16.3 Å². The lowest BCUT2D eigenvalue weighted by molar-refractivity contribution is 0.313. The molecule has 1 aromatic rings. The molecule has 0 amide bonds. The summed E-state index contributed by atoms with van der Waals surface area (Å²) in [5, 5.41) is 6.56. The first-order valence-corrected chi connectivity index (χ1v) is 7.74. The highest BCUT2D eigenvalue weighted by Gasteiger charge is 2.41. The van der Waals surface area contributed by atoms with Crippen LogP contribution in [0.5, 0.6) is 5.75 Å². The van der Waals surface area contributed by atoms with Gasteiger partial charge in [-0.15, -0.1) is 12.4 Å². The fourth-order valence-electron chi connectivity index (χ4n) is 2.64. The number of piperidine rings is 1. The molecule has 20 heavy (non-hydrogen) atoms. The molecule has 0 unspecified atom stereocenters. The van der Waals surface area contributed by atoms with Crippen LogP contribution in [0.15, 0.2) is 23.1 Å². The molecule has 0 radical (unpaired) electrons. The van der Waals surface area contributed by atoms with E-state index in [2.05, 4.69) is 15.4 Å². The van der Waals surface area contributed by atoms with Crippen LogP contribution >= 0.6 is 12.4 Å². The molecule has 0 atom stereocenters. The Hall–Kier alpha value is -1.02. The summed E-state index contributed by atoms with van der Waals surface area (Å²) >= 11 is 0. The van der Waals surface area contributed by atoms with Crippen molar-refractivity contribution in [3.05, 3.63) is 18.2 Å². The number of benzene rings is 1. The molecule has 6 nitrogen and oxygen atoms in total. The third-order valence-corrected chi connectivity index (χ3v) is 5.23. The zero-order chi connectivity index (χ0) is 13.5. The van der Waals surface area contributed by atoms with Crippen LogP contribution in [0, 0.1) is 0 Å². The summed E-state index contributed by atoms with van der Waals surface area (Å²) in [5.74, 6) is 0.646. The molecular weight excluding hydrogens is 302 g/mol. The minimum absolute atomic E-state index is 0. The van der Waals surface area contributed by atoms with Crippen molar-refractivity contribution in [1.82, 2.24) is 10.0 Å². The van der Waals surface area contributed by atoms with Gasteiger partial charge in [0.2, 0.25) is 10.0 Å². The standard InChI is InChI=1S/C12H17N3O3S.ClH/c1-18-9-2-3-11-10(8-9)14-12(15-19(11,16)17)4-6-13-7-5-12;/h2-3,8,13-15H,4-7H2,1H3;1H. The van der Waals surface area contributed by atoms with Gasteiger partial charge in [-0.3, -0.25) is 0 Å². The van der Waals surface area contributed by atoms with Gasteiger partial charge in [0, 0.05) is 6.07 Å². The quantitative estimate of drug-likeness (QED) is 0.717. The second-order valence-corrected chi connectivity index (χ2v) is 6.58. The van der Waals surface area contributed by atoms with Crippen molar-refractivity contribution in [2.24, 2.45) is 0 Å². The molecule has 8 heteroatoms. The van der Waals surface area contributed by atoms with Gasteiger partial charge in [-0.2, -0.15) is 4.72 Å². The molecule has 1 saturated heterocycles. The summed E-state index contributed by atoms with van der Waals surface area (Å²) in [7, 11) is -1.90. The number of hydrogen-bond donors (Lipinski definition) is 3. The molecule has 2 aliphatic heterocycles. The number of hydrogen-bond acceptors (Lipinski definition) is 5. The third kappa shape index (κ3) is 2.58. The molecule has 3 N–H and O–H groups in total. The molecule has 0 bridgehead atoms. The molecule has 0 aliphatic carbocycles. The van der Waals surface area contributed by atoms with Gasteiger partial charge in [0.25, 0.3) is 0 Å². The van der Waals surface area contributed by atoms with Crippen LogP contribution in [-0.4, -0.2) is 34.3 Å². The van der Waals surface area contributed by atoms with Gasteiger partial charge in [-0.05, 0) is 38.1 Å². The number of sulfonamides is 1. The Morgan fingerprint density at radius 2 is 1.95 bits per heavy atom. The summed E-state index contributed by atoms with van der Waals surface area (Å²) in [5.41, 5.74) is 0.0312. The molecule has 2 aliphatic rings. The highest BCUT2D eigenvalue weighted by molar-refractivity contribution is 7.89. The molecule has 1 aromatic carbocycles. The van der Waals surface area contributed by atoms with E-state index in [1.54, 1.807) is 25.3 Å². The summed E-state index contributed by atoms with van der Waals surface area (Å²) in [4.78, 5) is 0.275. The number of ether oxygens (including phenoxy) is 1. The Bertz CT molecular complexity index is 600. The first kappa shape index (κ1) is 15.4. The second-order valence-electron chi connectivity index (χ2n) is 4.92. The minimum atomic E-state index is -3.47. The Morgan fingerprint density at radius 1 is 1.25 bits per heavy atom. The van der Waals surface area contributed by atoms with E-state index >= 15 is 0 Å². The van der Waals surface area contributed by atoms with Gasteiger partial charge < -0.3 is 15.4 Å². The zero-order valence-corrected chi connectivity index (χ0v) is 12.7. The van der Waals surface area contributed by atoms with Gasteiger partial charge in [0.15, 0.2) is 0 Å². The van der Waals surface area contributed by atoms with Crippen LogP contribution in [0.1, 0.15) is 12.8 Å². The van der Waals surface area contributed by atoms with E-state index in [0.29, 0.717) is 24.3 Å². The van der Waals surface area contributed by atoms with Crippen molar-refractivity contribution in [1.29, 1.82) is 0 Å². The Balaban J connectivity index is 0.00000147. The van der Waals surface area contributed by atoms with Crippen LogP contribution in [0.25, 0.3) is 0 Å². The van der Waals surface area contributed by atoms with Crippen molar-refractivity contribution < 1.29 is 13.2 Å². The fourth-order valence-corrected chi connectivity index (χ4v) is 4.17. The Labute approximate surface area is 124 Å². The van der Waals surface area contributed by atoms with Crippen molar-refractivity contribution in [3.8, 4) is 5.75 Å². The van der Waals surface area contributed by atoms with E-state index in [1.165, 1.54) is 0 Å². The molecule has 0 aromatic heterocycles. The summed E-state index contributed by atoms with van der Waals surface area (Å²) in [6.45, 7) is 1.57. The van der Waals surface area contributed by atoms with Crippen molar-refractivity contribution in [3.63, 3.8) is 0 Å². The fraction of sp³-hybridized carbons (Fsp3) is 0.500. The van der Waals surface area contributed by atoms with E-state index in [1.807, 2.05) is 0 Å². The van der Waals surface area contributed by atoms with Crippen LogP contribution in [0.4, 0.5) is 5.69 Å². The summed E-state index contributed by atoms with van der Waals surface area (Å²) < 4.78 is 32.6. The van der Waals surface area contributed by atoms with E-state index in [9.17, 15) is 8.42 Å². The van der Waals surface area contributed by atoms with E-state index in [0.717, 1.165) is 13.1 Å². The topological polar surface area (TPSA) is 79.5 Å². The number of methoxy groups -OCH3 is 1. The first-order chi connectivity index (χ1) is 9.05. The number of fused-ring (bicyclic) bond motifs is 1. The Kier molecular flexibility index (Phi) is 4.15. The van der Waals surface area contributed by atoms with Crippen molar-refractivity contribution in [2.75, 3.05) is 25.5 Å². The normalized spacial score (nSPS) is 22.2. The maximum absolute atomic E-state index is 12.3. The van der Waals surface area contributed by atoms with Crippen LogP contribution in [0.3, 0.4) is 0 Å². The molecule has 2 heterocycles. The van der Waals surface area contributed by atoms with Crippen molar-refractivity contribution >= 4 is 28.1 Å². The molecule has 1 spiro atoms. The van der Waals surface area contributed by atoms with Gasteiger partial charge in [-0.25, -0.2) is 8.42 Å². The summed E-state index contributed by atoms with van der Waals surface area (Å²) in [6.07, 6.45) is 1.42. The third-order valence-electron chi connectivity index (χ3n) is 3.64. The lowest BCUT2D eigenvalue weighted by Gasteiger charge is -2.42. The number of rotatable bonds is 1. The lowest BCUT2D eigenvalue weighted by atomic mass is 9.98. The van der Waals surface area contributed by atoms with E-state index < -0.39 is 15.7 Å². The molecule has 3 rings (SSSR count). The smallest absolute Gasteiger partial charge is 0.244 e. The average Bonchev–Trinajstić information content (AvgIpc) is 2.37. The molecule has 1 fully saturated rings. The number of nitrogens with one attached hydrogen (secondary N) is 3. The maximum Gasteiger partial charge on any atom is 0.244 e. The van der Waals surface area contributed by atoms with Gasteiger partial charge in [0.05, 0.1) is 12.8 Å². The number of anilines is 1. The van der Waals surface area contributed by atoms with Gasteiger partial charge in [-0.1, -0.05) is 0 Å². The predicted molar refractivity (Wildman–Crippen MR) is 79.0 cm³/mol. The number of halogens is 1. The second kappa shape index (κ2) is 5.40. The molecular formula is C12H18ClN3O3S. The predicted octanol–water partition coefficient (Wildman–Crippen LogP) is 0.901. The van der Waals surface area contributed by atoms with Crippen LogP contribution < -0.4 is 20.1 Å².